The number of rotatable bonds is 4. The second-order valence-electron chi connectivity index (χ2n) is 5.39. The van der Waals surface area contributed by atoms with Crippen molar-refractivity contribution in [2.75, 3.05) is 11.9 Å². The molecule has 102 valence electrons. The van der Waals surface area contributed by atoms with Crippen LogP contribution in [-0.4, -0.2) is 16.5 Å². The van der Waals surface area contributed by atoms with Gasteiger partial charge in [-0.05, 0) is 47.7 Å². The molecule has 3 nitrogen and oxygen atoms in total. The molecule has 1 fully saturated rings. The molecule has 19 heavy (non-hydrogen) atoms. The highest BCUT2D eigenvalue weighted by Crippen LogP contribution is 2.41. The van der Waals surface area contributed by atoms with E-state index in [9.17, 15) is 0 Å². The van der Waals surface area contributed by atoms with E-state index in [0.717, 1.165) is 22.6 Å². The zero-order valence-corrected chi connectivity index (χ0v) is 12.7. The normalized spacial score (nSPS) is 18.0. The summed E-state index contributed by atoms with van der Waals surface area (Å²) in [6, 6.07) is 2.06. The molecular weight excluding hydrogens is 278 g/mol. The molecule has 0 unspecified atom stereocenters. The molecule has 1 N–H and O–H groups in total. The summed E-state index contributed by atoms with van der Waals surface area (Å²) in [5, 5.41) is 6.96. The number of anilines is 1. The van der Waals surface area contributed by atoms with Crippen LogP contribution < -0.4 is 5.32 Å². The summed E-state index contributed by atoms with van der Waals surface area (Å²) in [7, 11) is 0. The van der Waals surface area contributed by atoms with Gasteiger partial charge in [-0.3, -0.25) is 0 Å². The largest absolute Gasteiger partial charge is 0.369 e. The topological polar surface area (TPSA) is 37.8 Å². The van der Waals surface area contributed by atoms with Gasteiger partial charge in [0.2, 0.25) is 5.28 Å². The van der Waals surface area contributed by atoms with E-state index in [1.165, 1.54) is 32.1 Å². The summed E-state index contributed by atoms with van der Waals surface area (Å²) in [5.74, 6) is 0.885. The fourth-order valence-electron chi connectivity index (χ4n) is 3.02. The third-order valence-electron chi connectivity index (χ3n) is 4.34. The summed E-state index contributed by atoms with van der Waals surface area (Å²) in [4.78, 5) is 9.55. The smallest absolute Gasteiger partial charge is 0.225 e. The maximum absolute atomic E-state index is 5.99. The van der Waals surface area contributed by atoms with E-state index < -0.39 is 0 Å². The summed E-state index contributed by atoms with van der Waals surface area (Å²) in [6.07, 6.45) is 6.58. The highest BCUT2D eigenvalue weighted by atomic mass is 35.5. The zero-order valence-electron chi connectivity index (χ0n) is 11.1. The van der Waals surface area contributed by atoms with Crippen molar-refractivity contribution in [1.82, 2.24) is 9.97 Å². The maximum atomic E-state index is 5.99. The molecule has 0 bridgehead atoms. The Morgan fingerprint density at radius 1 is 1.37 bits per heavy atom. The molecule has 1 aliphatic carbocycles. The molecule has 5 heteroatoms. The van der Waals surface area contributed by atoms with Crippen molar-refractivity contribution in [3.8, 4) is 0 Å². The van der Waals surface area contributed by atoms with E-state index in [-0.39, 0.29) is 0 Å². The van der Waals surface area contributed by atoms with Gasteiger partial charge in [-0.15, -0.1) is 11.3 Å². The first-order valence-corrected chi connectivity index (χ1v) is 8.13. The van der Waals surface area contributed by atoms with Crippen molar-refractivity contribution < 1.29 is 0 Å². The Kier molecular flexibility index (Phi) is 3.63. The van der Waals surface area contributed by atoms with Gasteiger partial charge in [0.1, 0.15) is 10.6 Å². The van der Waals surface area contributed by atoms with Crippen molar-refractivity contribution in [2.45, 2.75) is 39.0 Å². The van der Waals surface area contributed by atoms with Crippen molar-refractivity contribution in [2.24, 2.45) is 5.41 Å². The Balaban J connectivity index is 1.83. The van der Waals surface area contributed by atoms with Crippen molar-refractivity contribution >= 4 is 39.0 Å². The molecule has 0 saturated heterocycles. The molecule has 0 spiro atoms. The van der Waals surface area contributed by atoms with E-state index >= 15 is 0 Å². The number of halogens is 1. The average Bonchev–Trinajstić information content (AvgIpc) is 3.05. The Bertz CT molecular complexity index is 575. The molecular formula is C14H18ClN3S. The van der Waals surface area contributed by atoms with E-state index in [1.807, 2.05) is 5.38 Å². The molecule has 2 aromatic heterocycles. The Morgan fingerprint density at radius 3 is 2.89 bits per heavy atom. The molecule has 0 amide bonds. The van der Waals surface area contributed by atoms with Crippen LogP contribution in [0, 0.1) is 5.41 Å². The minimum Gasteiger partial charge on any atom is -0.369 e. The molecule has 1 saturated carbocycles. The predicted octanol–water partition coefficient (Wildman–Crippen LogP) is 4.73. The zero-order chi connectivity index (χ0) is 13.3. The second-order valence-corrected chi connectivity index (χ2v) is 6.63. The average molecular weight is 296 g/mol. The SMILES string of the molecule is CCC1(CNc2nc(Cl)nc3sccc23)CCCC1. The molecule has 3 rings (SSSR count). The lowest BCUT2D eigenvalue weighted by Crippen LogP contribution is -2.26. The van der Waals surface area contributed by atoms with Crippen LogP contribution >= 0.6 is 22.9 Å². The third kappa shape index (κ3) is 2.56. The van der Waals surface area contributed by atoms with Gasteiger partial charge in [-0.2, -0.15) is 0 Å². The minimum absolute atomic E-state index is 0.328. The molecule has 0 radical (unpaired) electrons. The van der Waals surface area contributed by atoms with Crippen LogP contribution in [0.5, 0.6) is 0 Å². The summed E-state index contributed by atoms with van der Waals surface area (Å²) < 4.78 is 0. The van der Waals surface area contributed by atoms with E-state index in [0.29, 0.717) is 10.7 Å². The fourth-order valence-corrected chi connectivity index (χ4v) is 4.00. The van der Waals surface area contributed by atoms with Gasteiger partial charge < -0.3 is 5.32 Å². The molecule has 2 heterocycles. The van der Waals surface area contributed by atoms with E-state index in [1.54, 1.807) is 11.3 Å². The van der Waals surface area contributed by atoms with Crippen LogP contribution in [0.15, 0.2) is 11.4 Å². The lowest BCUT2D eigenvalue weighted by Gasteiger charge is -2.28. The Morgan fingerprint density at radius 2 is 2.16 bits per heavy atom. The van der Waals surface area contributed by atoms with E-state index in [2.05, 4.69) is 28.3 Å². The number of nitrogens with zero attached hydrogens (tertiary/aromatic N) is 2. The predicted molar refractivity (Wildman–Crippen MR) is 82.1 cm³/mol. The summed E-state index contributed by atoms with van der Waals surface area (Å²) >= 11 is 7.59. The van der Waals surface area contributed by atoms with Crippen LogP contribution in [0.3, 0.4) is 0 Å². The first-order valence-electron chi connectivity index (χ1n) is 6.87. The number of hydrogen-bond donors (Lipinski definition) is 1. The van der Waals surface area contributed by atoms with Crippen molar-refractivity contribution in [1.29, 1.82) is 0 Å². The van der Waals surface area contributed by atoms with Gasteiger partial charge >= 0.3 is 0 Å². The lowest BCUT2D eigenvalue weighted by atomic mass is 9.83. The highest BCUT2D eigenvalue weighted by molar-refractivity contribution is 7.16. The molecule has 0 atom stereocenters. The lowest BCUT2D eigenvalue weighted by molar-refractivity contribution is 0.306. The number of thiophene rings is 1. The van der Waals surface area contributed by atoms with Crippen molar-refractivity contribution in [3.05, 3.63) is 16.7 Å². The van der Waals surface area contributed by atoms with Crippen molar-refractivity contribution in [3.63, 3.8) is 0 Å². The standard InChI is InChI=1S/C14H18ClN3S/c1-2-14(6-3-4-7-14)9-16-11-10-5-8-19-12(10)18-13(15)17-11/h5,8H,2-4,6-7,9H2,1H3,(H,16,17,18). The second kappa shape index (κ2) is 5.25. The Labute approximate surface area is 122 Å². The van der Waals surface area contributed by atoms with Crippen LogP contribution in [0.25, 0.3) is 10.2 Å². The van der Waals surface area contributed by atoms with Gasteiger partial charge in [0.25, 0.3) is 0 Å². The molecule has 0 aromatic carbocycles. The number of nitrogens with one attached hydrogen (secondary N) is 1. The van der Waals surface area contributed by atoms with Crippen LogP contribution in [-0.2, 0) is 0 Å². The summed E-state index contributed by atoms with van der Waals surface area (Å²) in [5.41, 5.74) is 0.444. The van der Waals surface area contributed by atoms with Gasteiger partial charge in [0, 0.05) is 6.54 Å². The quantitative estimate of drug-likeness (QED) is 0.829. The number of fused-ring (bicyclic) bond motifs is 1. The third-order valence-corrected chi connectivity index (χ3v) is 5.32. The number of hydrogen-bond acceptors (Lipinski definition) is 4. The Hall–Kier alpha value is -0.870. The highest BCUT2D eigenvalue weighted by Gasteiger charge is 2.31. The fraction of sp³-hybridized carbons (Fsp3) is 0.571. The first-order chi connectivity index (χ1) is 9.22. The van der Waals surface area contributed by atoms with Crippen LogP contribution in [0.1, 0.15) is 39.0 Å². The number of aromatic nitrogens is 2. The molecule has 1 aliphatic rings. The minimum atomic E-state index is 0.328. The van der Waals surface area contributed by atoms with Gasteiger partial charge in [0.15, 0.2) is 0 Å². The van der Waals surface area contributed by atoms with Gasteiger partial charge in [0.05, 0.1) is 5.39 Å². The monoisotopic (exact) mass is 295 g/mol. The first kappa shape index (κ1) is 13.1. The van der Waals surface area contributed by atoms with Gasteiger partial charge in [-0.25, -0.2) is 9.97 Å². The van der Waals surface area contributed by atoms with Gasteiger partial charge in [-0.1, -0.05) is 19.8 Å². The van der Waals surface area contributed by atoms with Crippen LogP contribution in [0.2, 0.25) is 5.28 Å². The summed E-state index contributed by atoms with van der Waals surface area (Å²) in [6.45, 7) is 3.28. The van der Waals surface area contributed by atoms with Crippen LogP contribution in [0.4, 0.5) is 5.82 Å². The maximum Gasteiger partial charge on any atom is 0.225 e. The molecule has 2 aromatic rings. The molecule has 0 aliphatic heterocycles. The van der Waals surface area contributed by atoms with E-state index in [4.69, 9.17) is 11.6 Å².